The normalized spacial score (nSPS) is 17.4. The van der Waals surface area contributed by atoms with Gasteiger partial charge in [0.2, 0.25) is 5.82 Å². The van der Waals surface area contributed by atoms with Gasteiger partial charge in [0.25, 0.3) is 0 Å². The van der Waals surface area contributed by atoms with E-state index in [1.165, 1.54) is 6.07 Å². The predicted molar refractivity (Wildman–Crippen MR) is 72.1 cm³/mol. The van der Waals surface area contributed by atoms with E-state index in [0.717, 1.165) is 31.2 Å². The second-order valence-electron chi connectivity index (χ2n) is 5.13. The Morgan fingerprint density at radius 2 is 2.26 bits per heavy atom. The first-order valence-corrected chi connectivity index (χ1v) is 6.61. The number of nitrogens with zero attached hydrogens (tertiary/aromatic N) is 2. The minimum Gasteiger partial charge on any atom is -0.391 e. The maximum atomic E-state index is 10.9. The van der Waals surface area contributed by atoms with Crippen LogP contribution in [0.3, 0.4) is 0 Å². The minimum absolute atomic E-state index is 0.0429. The van der Waals surface area contributed by atoms with Gasteiger partial charge in [0.1, 0.15) is 0 Å². The van der Waals surface area contributed by atoms with E-state index in [0.29, 0.717) is 12.5 Å². The van der Waals surface area contributed by atoms with Crippen molar-refractivity contribution < 1.29 is 10.0 Å². The lowest BCUT2D eigenvalue weighted by atomic mass is 10.0. The van der Waals surface area contributed by atoms with Crippen molar-refractivity contribution in [2.75, 3.05) is 11.9 Å². The Labute approximate surface area is 112 Å². The van der Waals surface area contributed by atoms with Gasteiger partial charge in [0, 0.05) is 18.8 Å². The predicted octanol–water partition coefficient (Wildman–Crippen LogP) is 2.26. The van der Waals surface area contributed by atoms with Crippen LogP contribution in [0.25, 0.3) is 0 Å². The number of aromatic nitrogens is 1. The van der Waals surface area contributed by atoms with E-state index in [4.69, 9.17) is 0 Å². The largest absolute Gasteiger partial charge is 0.391 e. The summed E-state index contributed by atoms with van der Waals surface area (Å²) in [7, 11) is 0. The molecule has 6 nitrogen and oxygen atoms in total. The molecule has 1 aliphatic carbocycles. The molecule has 0 aromatic carbocycles. The number of aliphatic hydroxyl groups is 1. The molecule has 0 spiro atoms. The molecule has 1 aromatic rings. The molecule has 19 heavy (non-hydrogen) atoms. The van der Waals surface area contributed by atoms with Crippen molar-refractivity contribution in [2.45, 2.75) is 38.7 Å². The third kappa shape index (κ3) is 3.41. The molecular weight excluding hydrogens is 246 g/mol. The average molecular weight is 265 g/mol. The fraction of sp³-hybridized carbons (Fsp3) is 0.615. The maximum Gasteiger partial charge on any atom is 0.311 e. The van der Waals surface area contributed by atoms with Gasteiger partial charge in [-0.25, -0.2) is 4.98 Å². The number of anilines is 1. The number of aryl methyl sites for hydroxylation is 1. The summed E-state index contributed by atoms with van der Waals surface area (Å²) in [6.45, 7) is 2.07. The summed E-state index contributed by atoms with van der Waals surface area (Å²) >= 11 is 0. The summed E-state index contributed by atoms with van der Waals surface area (Å²) in [5, 5.41) is 23.9. The van der Waals surface area contributed by atoms with E-state index in [2.05, 4.69) is 10.3 Å². The molecule has 0 saturated heterocycles. The van der Waals surface area contributed by atoms with Crippen molar-refractivity contribution in [1.29, 1.82) is 0 Å². The number of nitrogens with one attached hydrogen (secondary N) is 1. The summed E-state index contributed by atoms with van der Waals surface area (Å²) in [4.78, 5) is 14.5. The number of aliphatic hydroxyl groups excluding tert-OH is 1. The summed E-state index contributed by atoms with van der Waals surface area (Å²) in [5.41, 5.74) is 0.701. The molecule has 0 unspecified atom stereocenters. The Hall–Kier alpha value is -1.69. The Balaban J connectivity index is 2.00. The highest BCUT2D eigenvalue weighted by Crippen LogP contribution is 2.28. The van der Waals surface area contributed by atoms with E-state index in [1.807, 2.05) is 0 Å². The summed E-state index contributed by atoms with van der Waals surface area (Å²) in [5.74, 6) is 0.532. The lowest BCUT2D eigenvalue weighted by Gasteiger charge is -2.18. The average Bonchev–Trinajstić information content (AvgIpc) is 2.90. The first-order chi connectivity index (χ1) is 9.08. The second-order valence-corrected chi connectivity index (χ2v) is 5.13. The molecule has 0 amide bonds. The molecule has 1 saturated carbocycles. The zero-order valence-corrected chi connectivity index (χ0v) is 11.0. The monoisotopic (exact) mass is 265 g/mol. The van der Waals surface area contributed by atoms with Crippen LogP contribution in [0.1, 0.15) is 31.2 Å². The highest BCUT2D eigenvalue weighted by Gasteiger charge is 2.24. The lowest BCUT2D eigenvalue weighted by Crippen LogP contribution is -2.27. The molecule has 2 N–H and O–H groups in total. The number of nitro groups is 1. The first-order valence-electron chi connectivity index (χ1n) is 6.61. The molecule has 1 aromatic heterocycles. The van der Waals surface area contributed by atoms with E-state index < -0.39 is 11.0 Å². The Bertz CT molecular complexity index is 458. The molecule has 6 heteroatoms. The van der Waals surface area contributed by atoms with Crippen LogP contribution in [-0.4, -0.2) is 27.7 Å². The SMILES string of the molecule is Cc1cnc(NC[C@@H](O)C2CCCC2)c([N+](=O)[O-])c1. The van der Waals surface area contributed by atoms with Gasteiger partial charge in [0.05, 0.1) is 11.0 Å². The molecule has 104 valence electrons. The number of rotatable bonds is 5. The molecule has 1 fully saturated rings. The molecule has 1 atom stereocenters. The zero-order valence-electron chi connectivity index (χ0n) is 11.0. The third-order valence-electron chi connectivity index (χ3n) is 3.62. The van der Waals surface area contributed by atoms with Crippen molar-refractivity contribution >= 4 is 11.5 Å². The summed E-state index contributed by atoms with van der Waals surface area (Å²) in [6, 6.07) is 1.48. The molecule has 1 heterocycles. The van der Waals surface area contributed by atoms with Gasteiger partial charge in [-0.1, -0.05) is 12.8 Å². The van der Waals surface area contributed by atoms with Crippen LogP contribution in [-0.2, 0) is 0 Å². The van der Waals surface area contributed by atoms with Crippen molar-refractivity contribution in [3.05, 3.63) is 27.9 Å². The second kappa shape index (κ2) is 5.97. The van der Waals surface area contributed by atoms with Crippen LogP contribution in [0.2, 0.25) is 0 Å². The lowest BCUT2D eigenvalue weighted by molar-refractivity contribution is -0.384. The van der Waals surface area contributed by atoms with Crippen LogP contribution < -0.4 is 5.32 Å². The van der Waals surface area contributed by atoms with Gasteiger partial charge in [0.15, 0.2) is 0 Å². The molecule has 0 aliphatic heterocycles. The van der Waals surface area contributed by atoms with Crippen LogP contribution in [0.4, 0.5) is 11.5 Å². The highest BCUT2D eigenvalue weighted by molar-refractivity contribution is 5.56. The van der Waals surface area contributed by atoms with Crippen molar-refractivity contribution in [2.24, 2.45) is 5.92 Å². The first kappa shape index (κ1) is 13.7. The van der Waals surface area contributed by atoms with Gasteiger partial charge < -0.3 is 10.4 Å². The summed E-state index contributed by atoms with van der Waals surface area (Å²) in [6.07, 6.45) is 5.50. The van der Waals surface area contributed by atoms with Crippen molar-refractivity contribution in [3.8, 4) is 0 Å². The van der Waals surface area contributed by atoms with Crippen LogP contribution >= 0.6 is 0 Å². The van der Waals surface area contributed by atoms with Crippen LogP contribution in [0.15, 0.2) is 12.3 Å². The van der Waals surface area contributed by atoms with Gasteiger partial charge in [-0.3, -0.25) is 10.1 Å². The minimum atomic E-state index is -0.467. The van der Waals surface area contributed by atoms with Crippen molar-refractivity contribution in [1.82, 2.24) is 4.98 Å². The van der Waals surface area contributed by atoms with Crippen LogP contribution in [0, 0.1) is 23.0 Å². The van der Waals surface area contributed by atoms with E-state index in [1.54, 1.807) is 13.1 Å². The van der Waals surface area contributed by atoms with Gasteiger partial charge >= 0.3 is 5.69 Å². The van der Waals surface area contributed by atoms with E-state index in [-0.39, 0.29) is 11.5 Å². The molecular formula is C13H19N3O3. The number of pyridine rings is 1. The van der Waals surface area contributed by atoms with Gasteiger partial charge in [-0.15, -0.1) is 0 Å². The van der Waals surface area contributed by atoms with E-state index in [9.17, 15) is 15.2 Å². The third-order valence-corrected chi connectivity index (χ3v) is 3.62. The van der Waals surface area contributed by atoms with Gasteiger partial charge in [-0.2, -0.15) is 0 Å². The Morgan fingerprint density at radius 3 is 2.89 bits per heavy atom. The smallest absolute Gasteiger partial charge is 0.311 e. The van der Waals surface area contributed by atoms with Crippen LogP contribution in [0.5, 0.6) is 0 Å². The van der Waals surface area contributed by atoms with E-state index >= 15 is 0 Å². The quantitative estimate of drug-likeness (QED) is 0.629. The van der Waals surface area contributed by atoms with Crippen molar-refractivity contribution in [3.63, 3.8) is 0 Å². The Kier molecular flexibility index (Phi) is 4.31. The Morgan fingerprint density at radius 1 is 1.58 bits per heavy atom. The standard InChI is InChI=1S/C13H19N3O3/c1-9-6-11(16(18)19)13(14-7-9)15-8-12(17)10-4-2-3-5-10/h6-7,10,12,17H,2-5,8H2,1H3,(H,14,15)/t12-/m1/s1. The summed E-state index contributed by atoms with van der Waals surface area (Å²) < 4.78 is 0. The molecule has 0 bridgehead atoms. The highest BCUT2D eigenvalue weighted by atomic mass is 16.6. The number of hydrogen-bond donors (Lipinski definition) is 2. The molecule has 2 rings (SSSR count). The topological polar surface area (TPSA) is 88.3 Å². The molecule has 1 aliphatic rings. The zero-order chi connectivity index (χ0) is 13.8. The fourth-order valence-electron chi connectivity index (χ4n) is 2.54. The van der Waals surface area contributed by atoms with Gasteiger partial charge in [-0.05, 0) is 31.2 Å². The fourth-order valence-corrected chi connectivity index (χ4v) is 2.54. The maximum absolute atomic E-state index is 10.9. The number of hydrogen-bond acceptors (Lipinski definition) is 5. The molecule has 0 radical (unpaired) electrons.